The highest BCUT2D eigenvalue weighted by molar-refractivity contribution is 6.16. The first-order valence-electron chi connectivity index (χ1n) is 2.78. The molecule has 0 unspecified atom stereocenters. The maximum atomic E-state index is 10.0. The zero-order chi connectivity index (χ0) is 9.40. The summed E-state index contributed by atoms with van der Waals surface area (Å²) in [7, 11) is 0. The molecular weight excluding hydrogens is 164 g/mol. The van der Waals surface area contributed by atoms with Crippen molar-refractivity contribution in [2.24, 2.45) is 21.7 Å². The lowest BCUT2D eigenvalue weighted by molar-refractivity contribution is 0.248. The van der Waals surface area contributed by atoms with Crippen LogP contribution in [0.15, 0.2) is 10.2 Å². The van der Waals surface area contributed by atoms with E-state index >= 15 is 0 Å². The second kappa shape index (κ2) is 5.65. The van der Waals surface area contributed by atoms with E-state index < -0.39 is 12.1 Å². The van der Waals surface area contributed by atoms with Gasteiger partial charge >= 0.3 is 12.1 Å². The number of primary amides is 2. The molecule has 0 saturated heterocycles. The second-order valence-corrected chi connectivity index (χ2v) is 1.51. The van der Waals surface area contributed by atoms with E-state index in [-0.39, 0.29) is 0 Å². The van der Waals surface area contributed by atoms with Gasteiger partial charge in [-0.05, 0) is 0 Å². The molecule has 0 heterocycles. The van der Waals surface area contributed by atoms with E-state index in [9.17, 15) is 9.59 Å². The van der Waals surface area contributed by atoms with Crippen molar-refractivity contribution in [1.29, 1.82) is 0 Å². The molecule has 0 aliphatic rings. The summed E-state index contributed by atoms with van der Waals surface area (Å²) in [5.41, 5.74) is 13.1. The van der Waals surface area contributed by atoms with Crippen LogP contribution in [0.1, 0.15) is 0 Å². The summed E-state index contributed by atoms with van der Waals surface area (Å²) in [5.74, 6) is 0. The average Bonchev–Trinajstić information content (AvgIpc) is 1.95. The summed E-state index contributed by atoms with van der Waals surface area (Å²) >= 11 is 0. The highest BCUT2D eigenvalue weighted by Crippen LogP contribution is 1.57. The predicted molar refractivity (Wildman–Crippen MR) is 42.4 cm³/mol. The molecule has 8 nitrogen and oxygen atoms in total. The van der Waals surface area contributed by atoms with Crippen molar-refractivity contribution < 1.29 is 9.59 Å². The molecule has 4 amide bonds. The third-order valence-corrected chi connectivity index (χ3v) is 0.565. The van der Waals surface area contributed by atoms with Gasteiger partial charge in [-0.25, -0.2) is 20.4 Å². The molecule has 0 aromatic heterocycles. The number of hydrogen-bond acceptors (Lipinski definition) is 4. The van der Waals surface area contributed by atoms with Gasteiger partial charge in [-0.1, -0.05) is 0 Å². The van der Waals surface area contributed by atoms with Crippen LogP contribution in [0.5, 0.6) is 0 Å². The number of hydrazone groups is 2. The van der Waals surface area contributed by atoms with Crippen LogP contribution in [0.25, 0.3) is 0 Å². The Balaban J connectivity index is 3.52. The van der Waals surface area contributed by atoms with Gasteiger partial charge < -0.3 is 11.5 Å². The maximum absolute atomic E-state index is 10.0. The molecule has 0 atom stereocenters. The summed E-state index contributed by atoms with van der Waals surface area (Å²) in [6.45, 7) is 0. The molecule has 0 aromatic rings. The van der Waals surface area contributed by atoms with Crippen LogP contribution in [-0.4, -0.2) is 24.5 Å². The fourth-order valence-corrected chi connectivity index (χ4v) is 0.268. The first kappa shape index (κ1) is 9.88. The van der Waals surface area contributed by atoms with Crippen molar-refractivity contribution in [3.05, 3.63) is 0 Å². The van der Waals surface area contributed by atoms with Gasteiger partial charge in [-0.3, -0.25) is 0 Å². The van der Waals surface area contributed by atoms with Crippen LogP contribution in [0.4, 0.5) is 9.59 Å². The summed E-state index contributed by atoms with van der Waals surface area (Å²) in [6, 6.07) is -1.58. The van der Waals surface area contributed by atoms with Crippen LogP contribution >= 0.6 is 0 Å². The Hall–Kier alpha value is -2.12. The number of nitrogens with zero attached hydrogens (tertiary/aromatic N) is 2. The smallest absolute Gasteiger partial charge is 0.332 e. The lowest BCUT2D eigenvalue weighted by Gasteiger charge is -1.88. The standard InChI is InChI=1S/C4H8N6O2/c5-3(11)9-7-1-2-8-10-4(6)12/h1-2H,(H3,5,9,11)(H3,6,10,12). The molecule has 0 fully saturated rings. The van der Waals surface area contributed by atoms with Crippen molar-refractivity contribution in [3.63, 3.8) is 0 Å². The van der Waals surface area contributed by atoms with Crippen LogP contribution in [0.2, 0.25) is 0 Å². The minimum Gasteiger partial charge on any atom is -0.350 e. The third kappa shape index (κ3) is 7.88. The lowest BCUT2D eigenvalue weighted by Crippen LogP contribution is -2.25. The summed E-state index contributed by atoms with van der Waals surface area (Å²) < 4.78 is 0. The molecule has 8 heteroatoms. The highest BCUT2D eigenvalue weighted by atomic mass is 16.2. The van der Waals surface area contributed by atoms with Gasteiger partial charge in [0.15, 0.2) is 0 Å². The van der Waals surface area contributed by atoms with E-state index in [1.807, 2.05) is 10.9 Å². The van der Waals surface area contributed by atoms with Crippen LogP contribution in [-0.2, 0) is 0 Å². The normalized spacial score (nSPS) is 10.3. The number of amides is 4. The van der Waals surface area contributed by atoms with E-state index in [0.29, 0.717) is 0 Å². The van der Waals surface area contributed by atoms with Gasteiger partial charge in [0.1, 0.15) is 0 Å². The Morgan fingerprint density at radius 3 is 1.58 bits per heavy atom. The number of rotatable bonds is 3. The van der Waals surface area contributed by atoms with E-state index in [2.05, 4.69) is 21.7 Å². The Kier molecular flexibility index (Phi) is 4.65. The van der Waals surface area contributed by atoms with Crippen LogP contribution in [0.3, 0.4) is 0 Å². The van der Waals surface area contributed by atoms with Gasteiger partial charge in [0.05, 0.1) is 12.4 Å². The number of nitrogens with two attached hydrogens (primary N) is 2. The number of urea groups is 2. The molecule has 6 N–H and O–H groups in total. The van der Waals surface area contributed by atoms with Crippen LogP contribution < -0.4 is 22.3 Å². The number of hydrogen-bond donors (Lipinski definition) is 4. The molecule has 12 heavy (non-hydrogen) atoms. The van der Waals surface area contributed by atoms with Crippen molar-refractivity contribution in [1.82, 2.24) is 10.9 Å². The number of carbonyl (C=O) groups is 2. The molecule has 0 bridgehead atoms. The van der Waals surface area contributed by atoms with Gasteiger partial charge in [0.25, 0.3) is 0 Å². The lowest BCUT2D eigenvalue weighted by atomic mass is 10.8. The van der Waals surface area contributed by atoms with Gasteiger partial charge in [0.2, 0.25) is 0 Å². The predicted octanol–water partition coefficient (Wildman–Crippen LogP) is -1.71. The van der Waals surface area contributed by atoms with Crippen molar-refractivity contribution in [3.8, 4) is 0 Å². The topological polar surface area (TPSA) is 135 Å². The SMILES string of the molecule is NC(=O)NN=CC=NNC(N)=O. The molecule has 0 spiro atoms. The summed E-state index contributed by atoms with van der Waals surface area (Å²) in [5, 5.41) is 6.55. The Morgan fingerprint density at radius 2 is 1.33 bits per heavy atom. The first-order valence-corrected chi connectivity index (χ1v) is 2.78. The average molecular weight is 172 g/mol. The second-order valence-electron chi connectivity index (χ2n) is 1.51. The van der Waals surface area contributed by atoms with Crippen LogP contribution in [0, 0.1) is 0 Å². The molecule has 66 valence electrons. The van der Waals surface area contributed by atoms with E-state index in [0.717, 1.165) is 12.4 Å². The highest BCUT2D eigenvalue weighted by Gasteiger charge is 1.82. The largest absolute Gasteiger partial charge is 0.350 e. The molecule has 0 saturated carbocycles. The van der Waals surface area contributed by atoms with Gasteiger partial charge in [-0.15, -0.1) is 0 Å². The summed E-state index contributed by atoms with van der Waals surface area (Å²) in [4.78, 5) is 20.0. The van der Waals surface area contributed by atoms with Crippen molar-refractivity contribution >= 4 is 24.5 Å². The van der Waals surface area contributed by atoms with Crippen molar-refractivity contribution in [2.75, 3.05) is 0 Å². The fraction of sp³-hybridized carbons (Fsp3) is 0. The maximum Gasteiger partial charge on any atom is 0.332 e. The molecule has 0 rings (SSSR count). The van der Waals surface area contributed by atoms with E-state index in [4.69, 9.17) is 0 Å². The van der Waals surface area contributed by atoms with Gasteiger partial charge in [-0.2, -0.15) is 10.2 Å². The molecule has 0 radical (unpaired) electrons. The monoisotopic (exact) mass is 172 g/mol. The zero-order valence-electron chi connectivity index (χ0n) is 6.02. The third-order valence-electron chi connectivity index (χ3n) is 0.565. The summed E-state index contributed by atoms with van der Waals surface area (Å²) in [6.07, 6.45) is 2.22. The molecule has 0 aliphatic carbocycles. The fourth-order valence-electron chi connectivity index (χ4n) is 0.268. The Morgan fingerprint density at radius 1 is 1.00 bits per heavy atom. The first-order chi connectivity index (χ1) is 5.63. The van der Waals surface area contributed by atoms with Gasteiger partial charge in [0, 0.05) is 0 Å². The minimum absolute atomic E-state index is 0.789. The molecular formula is C4H8N6O2. The van der Waals surface area contributed by atoms with Crippen molar-refractivity contribution in [2.45, 2.75) is 0 Å². The minimum atomic E-state index is -0.789. The Bertz CT molecular complexity index is 198. The van der Waals surface area contributed by atoms with E-state index in [1.54, 1.807) is 0 Å². The zero-order valence-corrected chi connectivity index (χ0v) is 6.02. The molecule has 0 aromatic carbocycles. The quantitative estimate of drug-likeness (QED) is 0.298. The number of carbonyl (C=O) groups excluding carboxylic acids is 2. The molecule has 0 aliphatic heterocycles. The number of nitrogens with one attached hydrogen (secondary N) is 2. The Labute approximate surface area is 67.7 Å². The van der Waals surface area contributed by atoms with E-state index in [1.165, 1.54) is 0 Å².